The normalized spacial score (nSPS) is 20.1. The van der Waals surface area contributed by atoms with Crippen molar-refractivity contribution in [2.24, 2.45) is 5.73 Å². The Morgan fingerprint density at radius 2 is 1.70 bits per heavy atom. The van der Waals surface area contributed by atoms with Crippen LogP contribution < -0.4 is 5.73 Å². The van der Waals surface area contributed by atoms with E-state index in [0.29, 0.717) is 0 Å². The Kier molecular flexibility index (Phi) is 4.50. The maximum atomic E-state index is 8.84. The van der Waals surface area contributed by atoms with Crippen molar-refractivity contribution in [3.8, 4) is 0 Å². The predicted molar refractivity (Wildman–Crippen MR) is 33.9 cm³/mol. The highest BCUT2D eigenvalue weighted by Crippen LogP contribution is 1.99. The number of nitrogens with two attached hydrogens (primary N) is 1. The van der Waals surface area contributed by atoms with Crippen molar-refractivity contribution in [3.05, 3.63) is 0 Å². The molecule has 6 N–H and O–H groups in total. The molecule has 62 valence electrons. The largest absolute Gasteiger partial charge is 0.396 e. The van der Waals surface area contributed by atoms with Gasteiger partial charge in [-0.05, 0) is 6.42 Å². The van der Waals surface area contributed by atoms with Gasteiger partial charge in [0, 0.05) is 6.61 Å². The molecular formula is C5H13NO4. The highest BCUT2D eigenvalue weighted by molar-refractivity contribution is 4.70. The first-order valence-corrected chi connectivity index (χ1v) is 3.00. The fourth-order valence-electron chi connectivity index (χ4n) is 0.531. The second kappa shape index (κ2) is 4.59. The summed E-state index contributed by atoms with van der Waals surface area (Å²) in [4.78, 5) is 0. The van der Waals surface area contributed by atoms with Crippen LogP contribution in [0.2, 0.25) is 0 Å². The molecule has 0 aromatic carbocycles. The van der Waals surface area contributed by atoms with Crippen LogP contribution in [0.5, 0.6) is 0 Å². The standard InChI is InChI=1S/C5H13NO4/c6-5(10)4(9)3(8)1-2-7/h3-5,7-10H,1-2,6H2/t3?,4-,5+/m1/s1. The first-order chi connectivity index (χ1) is 4.59. The zero-order valence-corrected chi connectivity index (χ0v) is 5.51. The lowest BCUT2D eigenvalue weighted by Crippen LogP contribution is -2.43. The molecule has 0 heterocycles. The molecule has 1 unspecified atom stereocenters. The lowest BCUT2D eigenvalue weighted by molar-refractivity contribution is -0.0629. The average Bonchev–Trinajstić information content (AvgIpc) is 1.87. The minimum atomic E-state index is -1.46. The van der Waals surface area contributed by atoms with Crippen molar-refractivity contribution >= 4 is 0 Å². The summed E-state index contributed by atoms with van der Waals surface area (Å²) in [5.41, 5.74) is 4.83. The van der Waals surface area contributed by atoms with Crippen molar-refractivity contribution < 1.29 is 20.4 Å². The molecule has 0 aliphatic heterocycles. The summed E-state index contributed by atoms with van der Waals surface area (Å²) in [7, 11) is 0. The van der Waals surface area contributed by atoms with Crippen LogP contribution in [0.1, 0.15) is 6.42 Å². The van der Waals surface area contributed by atoms with Crippen LogP contribution in [0.4, 0.5) is 0 Å². The van der Waals surface area contributed by atoms with Crippen LogP contribution in [-0.4, -0.2) is 45.5 Å². The monoisotopic (exact) mass is 151 g/mol. The van der Waals surface area contributed by atoms with Gasteiger partial charge >= 0.3 is 0 Å². The van der Waals surface area contributed by atoms with Crippen LogP contribution in [-0.2, 0) is 0 Å². The molecule has 0 saturated heterocycles. The maximum Gasteiger partial charge on any atom is 0.131 e. The molecule has 0 aromatic heterocycles. The van der Waals surface area contributed by atoms with Gasteiger partial charge in [-0.1, -0.05) is 0 Å². The molecule has 0 aromatic rings. The number of hydrogen-bond donors (Lipinski definition) is 5. The Labute approximate surface area is 58.7 Å². The Morgan fingerprint density at radius 3 is 2.00 bits per heavy atom. The number of hydrogen-bond acceptors (Lipinski definition) is 5. The zero-order chi connectivity index (χ0) is 8.15. The molecule has 0 spiro atoms. The lowest BCUT2D eigenvalue weighted by atomic mass is 10.1. The van der Waals surface area contributed by atoms with E-state index < -0.39 is 18.4 Å². The molecule has 5 heteroatoms. The second-order valence-electron chi connectivity index (χ2n) is 2.06. The van der Waals surface area contributed by atoms with E-state index in [9.17, 15) is 0 Å². The molecule has 3 atom stereocenters. The fraction of sp³-hybridized carbons (Fsp3) is 1.00. The van der Waals surface area contributed by atoms with Gasteiger partial charge in [0.05, 0.1) is 6.10 Å². The third-order valence-corrected chi connectivity index (χ3v) is 1.17. The molecule has 0 saturated carbocycles. The Morgan fingerprint density at radius 1 is 1.20 bits per heavy atom. The van der Waals surface area contributed by atoms with Gasteiger partial charge in [-0.3, -0.25) is 0 Å². The highest BCUT2D eigenvalue weighted by atomic mass is 16.4. The van der Waals surface area contributed by atoms with E-state index in [2.05, 4.69) is 0 Å². The summed E-state index contributed by atoms with van der Waals surface area (Å²) in [5.74, 6) is 0. The maximum absolute atomic E-state index is 8.84. The number of rotatable bonds is 4. The van der Waals surface area contributed by atoms with E-state index in [1.807, 2.05) is 0 Å². The highest BCUT2D eigenvalue weighted by Gasteiger charge is 2.20. The van der Waals surface area contributed by atoms with Crippen molar-refractivity contribution in [2.75, 3.05) is 6.61 Å². The van der Waals surface area contributed by atoms with Gasteiger partial charge in [0.1, 0.15) is 12.3 Å². The predicted octanol–water partition coefficient (Wildman–Crippen LogP) is -2.63. The van der Waals surface area contributed by atoms with Crippen molar-refractivity contribution in [2.45, 2.75) is 24.9 Å². The average molecular weight is 151 g/mol. The Hall–Kier alpha value is -0.200. The molecular weight excluding hydrogens is 138 g/mol. The minimum Gasteiger partial charge on any atom is -0.396 e. The van der Waals surface area contributed by atoms with Crippen LogP contribution in [0.15, 0.2) is 0 Å². The molecule has 0 aliphatic carbocycles. The number of aliphatic hydroxyl groups is 4. The third-order valence-electron chi connectivity index (χ3n) is 1.17. The summed E-state index contributed by atoms with van der Waals surface area (Å²) in [5, 5.41) is 34.4. The van der Waals surface area contributed by atoms with Gasteiger partial charge < -0.3 is 26.2 Å². The van der Waals surface area contributed by atoms with Crippen LogP contribution in [0.3, 0.4) is 0 Å². The summed E-state index contributed by atoms with van der Waals surface area (Å²) in [6, 6.07) is 0. The molecule has 0 amide bonds. The van der Waals surface area contributed by atoms with Gasteiger partial charge in [0.25, 0.3) is 0 Å². The van der Waals surface area contributed by atoms with Gasteiger partial charge in [-0.15, -0.1) is 0 Å². The SMILES string of the molecule is N[C@@H](O)[C@H](O)C(O)CCO. The van der Waals surface area contributed by atoms with E-state index in [0.717, 1.165) is 0 Å². The van der Waals surface area contributed by atoms with Crippen LogP contribution in [0.25, 0.3) is 0 Å². The summed E-state index contributed by atoms with van der Waals surface area (Å²) in [6.07, 6.45) is -3.99. The zero-order valence-electron chi connectivity index (χ0n) is 5.51. The minimum absolute atomic E-state index is 0.00935. The smallest absolute Gasteiger partial charge is 0.131 e. The summed E-state index contributed by atoms with van der Waals surface area (Å²) >= 11 is 0. The molecule has 0 bridgehead atoms. The van der Waals surface area contributed by atoms with Crippen molar-refractivity contribution in [1.29, 1.82) is 0 Å². The number of aliphatic hydroxyl groups excluding tert-OH is 4. The summed E-state index contributed by atoms with van der Waals surface area (Å²) in [6.45, 7) is -0.245. The molecule has 0 radical (unpaired) electrons. The van der Waals surface area contributed by atoms with Crippen molar-refractivity contribution in [1.82, 2.24) is 0 Å². The lowest BCUT2D eigenvalue weighted by Gasteiger charge is -2.18. The first kappa shape index (κ1) is 9.80. The van der Waals surface area contributed by atoms with E-state index in [1.165, 1.54) is 0 Å². The van der Waals surface area contributed by atoms with Crippen LogP contribution >= 0.6 is 0 Å². The molecule has 5 nitrogen and oxygen atoms in total. The molecule has 10 heavy (non-hydrogen) atoms. The van der Waals surface area contributed by atoms with E-state index in [4.69, 9.17) is 26.2 Å². The van der Waals surface area contributed by atoms with Crippen molar-refractivity contribution in [3.63, 3.8) is 0 Å². The Balaban J connectivity index is 3.58. The second-order valence-corrected chi connectivity index (χ2v) is 2.06. The van der Waals surface area contributed by atoms with Gasteiger partial charge in [0.2, 0.25) is 0 Å². The van der Waals surface area contributed by atoms with E-state index >= 15 is 0 Å². The molecule has 0 fully saturated rings. The summed E-state index contributed by atoms with van der Waals surface area (Å²) < 4.78 is 0. The first-order valence-electron chi connectivity index (χ1n) is 3.00. The molecule has 0 aliphatic rings. The quantitative estimate of drug-likeness (QED) is 0.282. The van der Waals surface area contributed by atoms with E-state index in [1.54, 1.807) is 0 Å². The third kappa shape index (κ3) is 3.09. The van der Waals surface area contributed by atoms with Gasteiger partial charge in [-0.2, -0.15) is 0 Å². The van der Waals surface area contributed by atoms with Gasteiger partial charge in [-0.25, -0.2) is 0 Å². The fourth-order valence-corrected chi connectivity index (χ4v) is 0.531. The van der Waals surface area contributed by atoms with Crippen LogP contribution in [0, 0.1) is 0 Å². The Bertz CT molecular complexity index is 87.7. The molecule has 0 rings (SSSR count). The van der Waals surface area contributed by atoms with E-state index in [-0.39, 0.29) is 13.0 Å². The topological polar surface area (TPSA) is 107 Å². The van der Waals surface area contributed by atoms with Gasteiger partial charge in [0.15, 0.2) is 0 Å².